The molecule has 0 spiro atoms. The van der Waals surface area contributed by atoms with Crippen molar-refractivity contribution < 1.29 is 9.66 Å². The van der Waals surface area contributed by atoms with E-state index in [-0.39, 0.29) is 6.61 Å². The number of thiol groups is 1. The SMILES string of the molecule is O=[N+]([O-])C(S)OCc1ccccc1. The van der Waals surface area contributed by atoms with Crippen molar-refractivity contribution in [2.24, 2.45) is 0 Å². The van der Waals surface area contributed by atoms with Crippen LogP contribution in [0.5, 0.6) is 0 Å². The lowest BCUT2D eigenvalue weighted by Gasteiger charge is -2.04. The highest BCUT2D eigenvalue weighted by Gasteiger charge is 2.13. The Bertz CT molecular complexity index is 278. The molecule has 0 heterocycles. The first-order valence-corrected chi connectivity index (χ1v) is 4.19. The van der Waals surface area contributed by atoms with Gasteiger partial charge in [-0.25, -0.2) is 0 Å². The molecule has 0 aliphatic rings. The van der Waals surface area contributed by atoms with Crippen LogP contribution in [0.4, 0.5) is 0 Å². The molecule has 5 heteroatoms. The van der Waals surface area contributed by atoms with Crippen LogP contribution in [0.2, 0.25) is 0 Å². The van der Waals surface area contributed by atoms with Crippen LogP contribution in [-0.4, -0.2) is 10.5 Å². The summed E-state index contributed by atoms with van der Waals surface area (Å²) in [5, 5.41) is 10.1. The maximum absolute atomic E-state index is 10.1. The lowest BCUT2D eigenvalue weighted by Crippen LogP contribution is -2.15. The third-order valence-corrected chi connectivity index (χ3v) is 1.76. The molecule has 1 rings (SSSR count). The van der Waals surface area contributed by atoms with Crippen LogP contribution >= 0.6 is 12.6 Å². The monoisotopic (exact) mass is 199 g/mol. The highest BCUT2D eigenvalue weighted by atomic mass is 32.1. The van der Waals surface area contributed by atoms with Gasteiger partial charge in [-0.3, -0.25) is 10.1 Å². The standard InChI is InChI=1S/C8H9NO3S/c10-9(11)8(13)12-6-7-4-2-1-3-5-7/h1-5,8,13H,6H2. The third kappa shape index (κ3) is 3.43. The second-order valence-electron chi connectivity index (χ2n) is 2.41. The molecular weight excluding hydrogens is 190 g/mol. The fraction of sp³-hybridized carbons (Fsp3) is 0.250. The fourth-order valence-electron chi connectivity index (χ4n) is 0.806. The van der Waals surface area contributed by atoms with Gasteiger partial charge in [0.2, 0.25) is 0 Å². The third-order valence-electron chi connectivity index (χ3n) is 1.42. The normalized spacial score (nSPS) is 12.4. The average Bonchev–Trinajstić information content (AvgIpc) is 2.15. The highest BCUT2D eigenvalue weighted by Crippen LogP contribution is 2.05. The molecule has 1 aromatic rings. The molecule has 1 atom stereocenters. The minimum atomic E-state index is -1.25. The Morgan fingerprint density at radius 1 is 1.46 bits per heavy atom. The lowest BCUT2D eigenvalue weighted by atomic mass is 10.2. The molecule has 1 unspecified atom stereocenters. The summed E-state index contributed by atoms with van der Waals surface area (Å²) in [7, 11) is 0. The molecule has 0 aliphatic heterocycles. The van der Waals surface area contributed by atoms with Crippen LogP contribution < -0.4 is 0 Å². The van der Waals surface area contributed by atoms with E-state index in [2.05, 4.69) is 12.6 Å². The molecule has 0 aliphatic carbocycles. The van der Waals surface area contributed by atoms with Crippen molar-refractivity contribution in [2.45, 2.75) is 12.2 Å². The second kappa shape index (κ2) is 4.84. The first kappa shape index (κ1) is 10.0. The van der Waals surface area contributed by atoms with Crippen LogP contribution in [0, 0.1) is 10.1 Å². The van der Waals surface area contributed by atoms with E-state index in [1.807, 2.05) is 30.3 Å². The average molecular weight is 199 g/mol. The lowest BCUT2D eigenvalue weighted by molar-refractivity contribution is -0.545. The topological polar surface area (TPSA) is 52.4 Å². The molecule has 70 valence electrons. The minimum absolute atomic E-state index is 0.204. The van der Waals surface area contributed by atoms with E-state index in [1.54, 1.807) is 0 Å². The van der Waals surface area contributed by atoms with Crippen molar-refractivity contribution >= 4 is 12.6 Å². The van der Waals surface area contributed by atoms with Crippen LogP contribution in [0.25, 0.3) is 0 Å². The number of benzene rings is 1. The molecular formula is C8H9NO3S. The molecule has 0 aromatic heterocycles. The molecule has 0 fully saturated rings. The first-order valence-electron chi connectivity index (χ1n) is 3.67. The van der Waals surface area contributed by atoms with Crippen LogP contribution in [-0.2, 0) is 11.3 Å². The summed E-state index contributed by atoms with van der Waals surface area (Å²) in [6.45, 7) is 0.204. The van der Waals surface area contributed by atoms with Gasteiger partial charge in [-0.15, -0.1) is 0 Å². The molecule has 0 radical (unpaired) electrons. The number of ether oxygens (including phenoxy) is 1. The largest absolute Gasteiger partial charge is 0.362 e. The van der Waals surface area contributed by atoms with Gasteiger partial charge in [0.15, 0.2) is 0 Å². The van der Waals surface area contributed by atoms with Gasteiger partial charge in [-0.05, 0) is 5.56 Å². The number of hydrogen-bond donors (Lipinski definition) is 1. The van der Waals surface area contributed by atoms with Gasteiger partial charge in [0, 0.05) is 0 Å². The van der Waals surface area contributed by atoms with E-state index >= 15 is 0 Å². The maximum atomic E-state index is 10.1. The predicted molar refractivity (Wildman–Crippen MR) is 51.0 cm³/mol. The van der Waals surface area contributed by atoms with Crippen LogP contribution in [0.1, 0.15) is 5.56 Å². The Balaban J connectivity index is 2.39. The molecule has 0 amide bonds. The Morgan fingerprint density at radius 2 is 2.08 bits per heavy atom. The van der Waals surface area contributed by atoms with E-state index < -0.39 is 10.5 Å². The van der Waals surface area contributed by atoms with Crippen molar-refractivity contribution in [3.05, 3.63) is 46.0 Å². The van der Waals surface area contributed by atoms with Gasteiger partial charge in [0.05, 0.1) is 11.5 Å². The summed E-state index contributed by atoms with van der Waals surface area (Å²) in [5.74, 6) is 0. The summed E-state index contributed by atoms with van der Waals surface area (Å²) in [6.07, 6.45) is 0. The van der Waals surface area contributed by atoms with Gasteiger partial charge >= 0.3 is 5.56 Å². The molecule has 13 heavy (non-hydrogen) atoms. The quantitative estimate of drug-likeness (QED) is 0.347. The van der Waals surface area contributed by atoms with Gasteiger partial charge in [-0.2, -0.15) is 0 Å². The Labute approximate surface area is 81.1 Å². The van der Waals surface area contributed by atoms with Crippen molar-refractivity contribution in [1.82, 2.24) is 0 Å². The Morgan fingerprint density at radius 3 is 2.62 bits per heavy atom. The molecule has 0 N–H and O–H groups in total. The summed E-state index contributed by atoms with van der Waals surface area (Å²) in [5.41, 5.74) is -0.358. The highest BCUT2D eigenvalue weighted by molar-refractivity contribution is 7.80. The molecule has 0 bridgehead atoms. The van der Waals surface area contributed by atoms with E-state index in [0.29, 0.717) is 0 Å². The van der Waals surface area contributed by atoms with Crippen molar-refractivity contribution in [2.75, 3.05) is 0 Å². The van der Waals surface area contributed by atoms with E-state index in [0.717, 1.165) is 5.56 Å². The predicted octanol–water partition coefficient (Wildman–Crippen LogP) is 1.69. The van der Waals surface area contributed by atoms with Gasteiger partial charge in [0.1, 0.15) is 0 Å². The number of rotatable bonds is 4. The number of nitrogens with zero attached hydrogens (tertiary/aromatic N) is 1. The van der Waals surface area contributed by atoms with E-state index in [4.69, 9.17) is 4.74 Å². The zero-order chi connectivity index (χ0) is 9.68. The molecule has 1 aromatic carbocycles. The zero-order valence-electron chi connectivity index (χ0n) is 6.79. The van der Waals surface area contributed by atoms with E-state index in [1.165, 1.54) is 0 Å². The fourth-order valence-corrected chi connectivity index (χ4v) is 0.880. The second-order valence-corrected chi connectivity index (χ2v) is 2.85. The van der Waals surface area contributed by atoms with Crippen LogP contribution in [0.15, 0.2) is 30.3 Å². The van der Waals surface area contributed by atoms with Gasteiger partial charge in [-0.1, -0.05) is 43.0 Å². The molecule has 0 saturated heterocycles. The van der Waals surface area contributed by atoms with E-state index in [9.17, 15) is 10.1 Å². The number of hydrogen-bond acceptors (Lipinski definition) is 4. The maximum Gasteiger partial charge on any atom is 0.362 e. The van der Waals surface area contributed by atoms with Crippen molar-refractivity contribution in [3.63, 3.8) is 0 Å². The molecule has 0 saturated carbocycles. The minimum Gasteiger partial charge on any atom is -0.304 e. The van der Waals surface area contributed by atoms with Crippen molar-refractivity contribution in [3.8, 4) is 0 Å². The van der Waals surface area contributed by atoms with Gasteiger partial charge < -0.3 is 4.74 Å². The smallest absolute Gasteiger partial charge is 0.304 e. The Kier molecular flexibility index (Phi) is 3.72. The zero-order valence-corrected chi connectivity index (χ0v) is 7.68. The summed E-state index contributed by atoms with van der Waals surface area (Å²) < 4.78 is 4.85. The van der Waals surface area contributed by atoms with Crippen molar-refractivity contribution in [1.29, 1.82) is 0 Å². The number of nitro groups is 1. The van der Waals surface area contributed by atoms with Gasteiger partial charge in [0.25, 0.3) is 0 Å². The summed E-state index contributed by atoms with van der Waals surface area (Å²) in [6, 6.07) is 9.23. The summed E-state index contributed by atoms with van der Waals surface area (Å²) in [4.78, 5) is 9.53. The molecule has 4 nitrogen and oxygen atoms in total. The van der Waals surface area contributed by atoms with Crippen LogP contribution in [0.3, 0.4) is 0 Å². The first-order chi connectivity index (χ1) is 6.20. The summed E-state index contributed by atoms with van der Waals surface area (Å²) >= 11 is 3.63. The Hall–Kier alpha value is -1.07.